The summed E-state index contributed by atoms with van der Waals surface area (Å²) in [6.07, 6.45) is 5.34. The quantitative estimate of drug-likeness (QED) is 0.125. The molecule has 0 aliphatic carbocycles. The predicted octanol–water partition coefficient (Wildman–Crippen LogP) is 7.76. The molecule has 1 aliphatic heterocycles. The molecule has 0 saturated carbocycles. The van der Waals surface area contributed by atoms with Gasteiger partial charge >= 0.3 is 0 Å². The lowest BCUT2D eigenvalue weighted by Gasteiger charge is -2.15. The van der Waals surface area contributed by atoms with Crippen LogP contribution in [0.4, 0.5) is 11.4 Å². The molecule has 0 N–H and O–H groups in total. The zero-order valence-corrected chi connectivity index (χ0v) is 22.1. The number of benzene rings is 3. The highest BCUT2D eigenvalue weighted by Gasteiger charge is 2.34. The minimum Gasteiger partial charge on any atom is -0.494 e. The second kappa shape index (κ2) is 13.5. The SMILES string of the molecule is CCCCC(CC)COc1ccc(N=Nc2ccc(OCCCN3C(=O)c4ccccc4C3=O)cc2)cc1. The topological polar surface area (TPSA) is 80.6 Å². The molecule has 0 saturated heterocycles. The molecule has 0 bridgehead atoms. The summed E-state index contributed by atoms with van der Waals surface area (Å²) in [6.45, 7) is 5.89. The van der Waals surface area contributed by atoms with Crippen molar-refractivity contribution >= 4 is 23.2 Å². The molecule has 3 aromatic rings. The summed E-state index contributed by atoms with van der Waals surface area (Å²) in [5.74, 6) is 1.66. The monoisotopic (exact) mass is 513 g/mol. The second-order valence-electron chi connectivity index (χ2n) is 9.42. The van der Waals surface area contributed by atoms with Crippen LogP contribution in [0.2, 0.25) is 0 Å². The Kier molecular flexibility index (Phi) is 9.62. The third-order valence-electron chi connectivity index (χ3n) is 6.66. The van der Waals surface area contributed by atoms with Crippen LogP contribution in [0.15, 0.2) is 83.0 Å². The number of hydrogen-bond donors (Lipinski definition) is 0. The molecule has 1 unspecified atom stereocenters. The van der Waals surface area contributed by atoms with Crippen molar-refractivity contribution in [3.05, 3.63) is 83.9 Å². The number of fused-ring (bicyclic) bond motifs is 1. The first kappa shape index (κ1) is 27.0. The van der Waals surface area contributed by atoms with E-state index in [1.165, 1.54) is 24.2 Å². The number of unbranched alkanes of at least 4 members (excludes halogenated alkanes) is 1. The average molecular weight is 514 g/mol. The molecule has 0 radical (unpaired) electrons. The van der Waals surface area contributed by atoms with Crippen LogP contribution < -0.4 is 9.47 Å². The lowest BCUT2D eigenvalue weighted by atomic mass is 10.0. The highest BCUT2D eigenvalue weighted by Crippen LogP contribution is 2.25. The number of azo groups is 1. The van der Waals surface area contributed by atoms with E-state index in [9.17, 15) is 9.59 Å². The van der Waals surface area contributed by atoms with Crippen molar-refractivity contribution < 1.29 is 19.1 Å². The van der Waals surface area contributed by atoms with Crippen LogP contribution in [0, 0.1) is 5.92 Å². The molecule has 3 aromatic carbocycles. The van der Waals surface area contributed by atoms with Gasteiger partial charge in [0, 0.05) is 6.54 Å². The maximum Gasteiger partial charge on any atom is 0.261 e. The fraction of sp³-hybridized carbons (Fsp3) is 0.355. The summed E-state index contributed by atoms with van der Waals surface area (Å²) in [4.78, 5) is 26.1. The lowest BCUT2D eigenvalue weighted by Crippen LogP contribution is -2.31. The van der Waals surface area contributed by atoms with Crippen molar-refractivity contribution in [2.75, 3.05) is 19.8 Å². The van der Waals surface area contributed by atoms with Crippen molar-refractivity contribution in [2.45, 2.75) is 46.0 Å². The lowest BCUT2D eigenvalue weighted by molar-refractivity contribution is 0.0646. The van der Waals surface area contributed by atoms with Gasteiger partial charge < -0.3 is 9.47 Å². The van der Waals surface area contributed by atoms with Crippen LogP contribution >= 0.6 is 0 Å². The maximum atomic E-state index is 12.4. The first-order chi connectivity index (χ1) is 18.6. The fourth-order valence-corrected chi connectivity index (χ4v) is 4.30. The second-order valence-corrected chi connectivity index (χ2v) is 9.42. The van der Waals surface area contributed by atoms with Gasteiger partial charge in [-0.25, -0.2) is 0 Å². The molecule has 4 rings (SSSR count). The van der Waals surface area contributed by atoms with Crippen molar-refractivity contribution in [1.82, 2.24) is 4.90 Å². The van der Waals surface area contributed by atoms with E-state index in [-0.39, 0.29) is 11.8 Å². The Morgan fingerprint density at radius 2 is 1.29 bits per heavy atom. The fourth-order valence-electron chi connectivity index (χ4n) is 4.30. The van der Waals surface area contributed by atoms with Gasteiger partial charge in [0.05, 0.1) is 35.7 Å². The molecule has 198 valence electrons. The van der Waals surface area contributed by atoms with E-state index >= 15 is 0 Å². The van der Waals surface area contributed by atoms with Crippen LogP contribution in [-0.2, 0) is 0 Å². The number of nitrogens with zero attached hydrogens (tertiary/aromatic N) is 3. The van der Waals surface area contributed by atoms with Gasteiger partial charge in [-0.15, -0.1) is 0 Å². The molecule has 7 heteroatoms. The van der Waals surface area contributed by atoms with E-state index in [0.717, 1.165) is 24.5 Å². The van der Waals surface area contributed by atoms with Crippen molar-refractivity contribution in [1.29, 1.82) is 0 Å². The number of amides is 2. The van der Waals surface area contributed by atoms with E-state index in [1.807, 2.05) is 48.5 Å². The first-order valence-corrected chi connectivity index (χ1v) is 13.4. The Hall–Kier alpha value is -4.00. The van der Waals surface area contributed by atoms with Gasteiger partial charge in [0.1, 0.15) is 11.5 Å². The highest BCUT2D eigenvalue weighted by atomic mass is 16.5. The van der Waals surface area contributed by atoms with Crippen LogP contribution in [0.3, 0.4) is 0 Å². The van der Waals surface area contributed by atoms with E-state index < -0.39 is 0 Å². The van der Waals surface area contributed by atoms with Gasteiger partial charge in [0.15, 0.2) is 0 Å². The number of carbonyl (C=O) groups excluding carboxylic acids is 2. The number of carbonyl (C=O) groups is 2. The van der Waals surface area contributed by atoms with Gasteiger partial charge in [-0.1, -0.05) is 45.2 Å². The molecule has 0 spiro atoms. The van der Waals surface area contributed by atoms with Gasteiger partial charge in [0.25, 0.3) is 11.8 Å². The Morgan fingerprint density at radius 1 is 0.737 bits per heavy atom. The molecule has 2 amide bonds. The van der Waals surface area contributed by atoms with Crippen molar-refractivity contribution in [2.24, 2.45) is 16.1 Å². The summed E-state index contributed by atoms with van der Waals surface area (Å²) in [7, 11) is 0. The summed E-state index contributed by atoms with van der Waals surface area (Å²) < 4.78 is 11.7. The van der Waals surface area contributed by atoms with E-state index in [4.69, 9.17) is 9.47 Å². The maximum absolute atomic E-state index is 12.4. The van der Waals surface area contributed by atoms with Crippen LogP contribution in [0.25, 0.3) is 0 Å². The first-order valence-electron chi connectivity index (χ1n) is 13.4. The molecular formula is C31H35N3O4. The minimum absolute atomic E-state index is 0.241. The number of hydrogen-bond acceptors (Lipinski definition) is 6. The van der Waals surface area contributed by atoms with E-state index in [2.05, 4.69) is 24.1 Å². The third-order valence-corrected chi connectivity index (χ3v) is 6.66. The Morgan fingerprint density at radius 3 is 1.82 bits per heavy atom. The molecule has 7 nitrogen and oxygen atoms in total. The molecule has 1 heterocycles. The number of imide groups is 1. The zero-order chi connectivity index (χ0) is 26.7. The van der Waals surface area contributed by atoms with E-state index in [1.54, 1.807) is 24.3 Å². The Bertz CT molecular complexity index is 1200. The van der Waals surface area contributed by atoms with Gasteiger partial charge in [-0.2, -0.15) is 10.2 Å². The zero-order valence-electron chi connectivity index (χ0n) is 22.1. The molecular weight excluding hydrogens is 478 g/mol. The molecule has 1 aliphatic rings. The van der Waals surface area contributed by atoms with E-state index in [0.29, 0.717) is 48.1 Å². The van der Waals surface area contributed by atoms with Crippen LogP contribution in [0.1, 0.15) is 66.7 Å². The van der Waals surface area contributed by atoms with Crippen LogP contribution in [0.5, 0.6) is 11.5 Å². The molecule has 0 aromatic heterocycles. The van der Waals surface area contributed by atoms with Crippen molar-refractivity contribution in [3.8, 4) is 11.5 Å². The van der Waals surface area contributed by atoms with Gasteiger partial charge in [-0.05, 0) is 79.4 Å². The predicted molar refractivity (Wildman–Crippen MR) is 148 cm³/mol. The number of ether oxygens (including phenoxy) is 2. The standard InChI is InChI=1S/C31H35N3O4/c1-3-5-9-23(4-2)22-38-27-18-14-25(15-19-27)33-32-24-12-16-26(17-13-24)37-21-8-20-34-30(35)28-10-6-7-11-29(28)31(34)36/h6-7,10-19,23H,3-5,8-9,20-22H2,1-2H3. The summed E-state index contributed by atoms with van der Waals surface area (Å²) >= 11 is 0. The largest absolute Gasteiger partial charge is 0.494 e. The number of rotatable bonds is 14. The Labute approximate surface area is 224 Å². The third kappa shape index (κ3) is 7.06. The average Bonchev–Trinajstić information content (AvgIpc) is 3.20. The normalized spacial score (nSPS) is 13.7. The smallest absolute Gasteiger partial charge is 0.261 e. The van der Waals surface area contributed by atoms with Crippen LogP contribution in [-0.4, -0.2) is 36.5 Å². The summed E-state index contributed by atoms with van der Waals surface area (Å²) in [6, 6.07) is 21.9. The van der Waals surface area contributed by atoms with Gasteiger partial charge in [0.2, 0.25) is 0 Å². The van der Waals surface area contributed by atoms with Gasteiger partial charge in [-0.3, -0.25) is 14.5 Å². The summed E-state index contributed by atoms with van der Waals surface area (Å²) in [5, 5.41) is 8.61. The molecule has 1 atom stereocenters. The van der Waals surface area contributed by atoms with Crippen molar-refractivity contribution in [3.63, 3.8) is 0 Å². The Balaban J connectivity index is 1.19. The summed E-state index contributed by atoms with van der Waals surface area (Å²) in [5.41, 5.74) is 2.40. The molecule has 0 fully saturated rings. The minimum atomic E-state index is -0.241. The highest BCUT2D eigenvalue weighted by molar-refractivity contribution is 6.21. The molecule has 38 heavy (non-hydrogen) atoms.